The molecule has 1 N–H and O–H groups in total. The van der Waals surface area contributed by atoms with Gasteiger partial charge in [0.2, 0.25) is 0 Å². The highest BCUT2D eigenvalue weighted by molar-refractivity contribution is 7.98. The van der Waals surface area contributed by atoms with E-state index in [1.807, 2.05) is 29.7 Å². The number of aromatic nitrogens is 2. The van der Waals surface area contributed by atoms with Crippen LogP contribution >= 0.6 is 23.1 Å². The SMILES string of the molecule is CSc1nc(Nc2ccc(OCC(C)C)cc2)c2c3c(sc2n1)CCCC3. The Morgan fingerprint density at radius 1 is 1.15 bits per heavy atom. The Balaban J connectivity index is 1.65. The van der Waals surface area contributed by atoms with Crippen LogP contribution in [0.15, 0.2) is 29.4 Å². The number of anilines is 2. The van der Waals surface area contributed by atoms with Gasteiger partial charge in [0.25, 0.3) is 0 Å². The first kappa shape index (κ1) is 18.6. The molecule has 4 rings (SSSR count). The summed E-state index contributed by atoms with van der Waals surface area (Å²) in [5.74, 6) is 2.35. The van der Waals surface area contributed by atoms with Crippen LogP contribution in [0.4, 0.5) is 11.5 Å². The quantitative estimate of drug-likeness (QED) is 0.402. The smallest absolute Gasteiger partial charge is 0.190 e. The molecule has 0 radical (unpaired) electrons. The van der Waals surface area contributed by atoms with Gasteiger partial charge in [-0.2, -0.15) is 0 Å². The van der Waals surface area contributed by atoms with Crippen molar-refractivity contribution in [2.45, 2.75) is 44.7 Å². The van der Waals surface area contributed by atoms with Crippen LogP contribution in [0.5, 0.6) is 5.75 Å². The fourth-order valence-corrected chi connectivity index (χ4v) is 5.04. The zero-order valence-corrected chi connectivity index (χ0v) is 17.7. The van der Waals surface area contributed by atoms with Gasteiger partial charge in [-0.1, -0.05) is 25.6 Å². The van der Waals surface area contributed by atoms with E-state index < -0.39 is 0 Å². The maximum Gasteiger partial charge on any atom is 0.190 e. The number of nitrogens with one attached hydrogen (secondary N) is 1. The second kappa shape index (κ2) is 8.07. The molecule has 0 fully saturated rings. The average molecular weight is 400 g/mol. The third-order valence-corrected chi connectivity index (χ3v) is 6.41. The van der Waals surface area contributed by atoms with Gasteiger partial charge in [-0.05, 0) is 67.7 Å². The molecule has 0 saturated heterocycles. The number of thioether (sulfide) groups is 1. The molecule has 0 amide bonds. The van der Waals surface area contributed by atoms with Crippen molar-refractivity contribution in [3.63, 3.8) is 0 Å². The lowest BCUT2D eigenvalue weighted by Gasteiger charge is -2.14. The largest absolute Gasteiger partial charge is 0.493 e. The van der Waals surface area contributed by atoms with Crippen molar-refractivity contribution >= 4 is 44.8 Å². The molecular formula is C21H25N3OS2. The number of nitrogens with zero attached hydrogens (tertiary/aromatic N) is 2. The van der Waals surface area contributed by atoms with Crippen LogP contribution in [0, 0.1) is 5.92 Å². The summed E-state index contributed by atoms with van der Waals surface area (Å²) in [6.45, 7) is 5.04. The third kappa shape index (κ3) is 4.06. The number of ether oxygens (including phenoxy) is 1. The molecule has 1 aliphatic rings. The number of benzene rings is 1. The van der Waals surface area contributed by atoms with Crippen molar-refractivity contribution in [3.8, 4) is 5.75 Å². The van der Waals surface area contributed by atoms with Crippen molar-refractivity contribution in [2.75, 3.05) is 18.2 Å². The molecule has 4 nitrogen and oxygen atoms in total. The van der Waals surface area contributed by atoms with E-state index in [0.29, 0.717) is 5.92 Å². The highest BCUT2D eigenvalue weighted by Gasteiger charge is 2.21. The molecular weight excluding hydrogens is 374 g/mol. The van der Waals surface area contributed by atoms with E-state index in [-0.39, 0.29) is 0 Å². The van der Waals surface area contributed by atoms with Gasteiger partial charge in [0.1, 0.15) is 16.4 Å². The molecule has 0 unspecified atom stereocenters. The Hall–Kier alpha value is -1.79. The Morgan fingerprint density at radius 2 is 1.93 bits per heavy atom. The molecule has 142 valence electrons. The summed E-state index contributed by atoms with van der Waals surface area (Å²) in [4.78, 5) is 12.2. The molecule has 27 heavy (non-hydrogen) atoms. The van der Waals surface area contributed by atoms with E-state index in [2.05, 4.69) is 31.3 Å². The monoisotopic (exact) mass is 399 g/mol. The highest BCUT2D eigenvalue weighted by atomic mass is 32.2. The van der Waals surface area contributed by atoms with E-state index in [1.54, 1.807) is 11.8 Å². The summed E-state index contributed by atoms with van der Waals surface area (Å²) in [6, 6.07) is 8.14. The van der Waals surface area contributed by atoms with Crippen LogP contribution in [0.3, 0.4) is 0 Å². The van der Waals surface area contributed by atoms with Gasteiger partial charge >= 0.3 is 0 Å². The maximum absolute atomic E-state index is 5.79. The van der Waals surface area contributed by atoms with Gasteiger partial charge in [0.05, 0.1) is 12.0 Å². The number of thiophene rings is 1. The zero-order valence-electron chi connectivity index (χ0n) is 16.0. The summed E-state index contributed by atoms with van der Waals surface area (Å²) in [6.07, 6.45) is 6.87. The van der Waals surface area contributed by atoms with Crippen LogP contribution < -0.4 is 10.1 Å². The molecule has 3 aromatic rings. The predicted molar refractivity (Wildman–Crippen MR) is 116 cm³/mol. The number of rotatable bonds is 6. The molecule has 2 aromatic heterocycles. The minimum Gasteiger partial charge on any atom is -0.493 e. The number of fused-ring (bicyclic) bond motifs is 3. The Labute approximate surface area is 168 Å². The van der Waals surface area contributed by atoms with Crippen molar-refractivity contribution in [1.29, 1.82) is 0 Å². The van der Waals surface area contributed by atoms with E-state index >= 15 is 0 Å². The van der Waals surface area contributed by atoms with Crippen LogP contribution in [0.2, 0.25) is 0 Å². The van der Waals surface area contributed by atoms with E-state index in [4.69, 9.17) is 14.7 Å². The molecule has 0 spiro atoms. The minimum absolute atomic E-state index is 0.520. The fraction of sp³-hybridized carbons (Fsp3) is 0.429. The van der Waals surface area contributed by atoms with E-state index in [1.165, 1.54) is 35.1 Å². The second-order valence-corrected chi connectivity index (χ2v) is 9.16. The van der Waals surface area contributed by atoms with Crippen molar-refractivity contribution in [1.82, 2.24) is 9.97 Å². The number of aryl methyl sites for hydroxylation is 2. The standard InChI is InChI=1S/C21H25N3OS2/c1-13(2)12-25-15-10-8-14(9-11-15)22-19-18-16-6-4-5-7-17(16)27-20(18)24-21(23-19)26-3/h8-11,13H,4-7,12H2,1-3H3,(H,22,23,24). The Bertz CT molecular complexity index is 935. The van der Waals surface area contributed by atoms with Crippen molar-refractivity contribution in [2.24, 2.45) is 5.92 Å². The first-order valence-corrected chi connectivity index (χ1v) is 11.5. The molecule has 0 atom stereocenters. The maximum atomic E-state index is 5.79. The van der Waals surface area contributed by atoms with Crippen LogP contribution in [0.25, 0.3) is 10.2 Å². The second-order valence-electron chi connectivity index (χ2n) is 7.30. The average Bonchev–Trinajstić information content (AvgIpc) is 3.06. The summed E-state index contributed by atoms with van der Waals surface area (Å²) < 4.78 is 5.79. The molecule has 0 saturated carbocycles. The molecule has 1 aliphatic carbocycles. The van der Waals surface area contributed by atoms with Crippen LogP contribution in [0.1, 0.15) is 37.1 Å². The van der Waals surface area contributed by atoms with E-state index in [0.717, 1.165) is 40.3 Å². The highest BCUT2D eigenvalue weighted by Crippen LogP contribution is 2.40. The fourth-order valence-electron chi connectivity index (χ4n) is 3.35. The zero-order chi connectivity index (χ0) is 18.8. The predicted octanol–water partition coefficient (Wildman–Crippen LogP) is 6.07. The van der Waals surface area contributed by atoms with Crippen LogP contribution in [-0.2, 0) is 12.8 Å². The lowest BCUT2D eigenvalue weighted by Crippen LogP contribution is -2.04. The summed E-state index contributed by atoms with van der Waals surface area (Å²) in [7, 11) is 0. The molecule has 6 heteroatoms. The van der Waals surface area contributed by atoms with E-state index in [9.17, 15) is 0 Å². The van der Waals surface area contributed by atoms with Gasteiger partial charge in [-0.25, -0.2) is 9.97 Å². The lowest BCUT2D eigenvalue weighted by atomic mass is 9.97. The lowest BCUT2D eigenvalue weighted by molar-refractivity contribution is 0.271. The van der Waals surface area contributed by atoms with Crippen LogP contribution in [-0.4, -0.2) is 22.8 Å². The van der Waals surface area contributed by atoms with Crippen molar-refractivity contribution < 1.29 is 4.74 Å². The van der Waals surface area contributed by atoms with Gasteiger partial charge < -0.3 is 10.1 Å². The van der Waals surface area contributed by atoms with Gasteiger partial charge in [0.15, 0.2) is 5.16 Å². The topological polar surface area (TPSA) is 47.0 Å². The number of hydrogen-bond acceptors (Lipinski definition) is 6. The summed E-state index contributed by atoms with van der Waals surface area (Å²) in [5, 5.41) is 5.57. The Morgan fingerprint density at radius 3 is 2.67 bits per heavy atom. The summed E-state index contributed by atoms with van der Waals surface area (Å²) in [5.41, 5.74) is 2.47. The Kier molecular flexibility index (Phi) is 5.55. The molecule has 0 bridgehead atoms. The number of hydrogen-bond donors (Lipinski definition) is 1. The summed E-state index contributed by atoms with van der Waals surface area (Å²) >= 11 is 3.43. The minimum atomic E-state index is 0.520. The molecule has 1 aromatic carbocycles. The van der Waals surface area contributed by atoms with Gasteiger partial charge in [0, 0.05) is 10.6 Å². The van der Waals surface area contributed by atoms with Gasteiger partial charge in [-0.3, -0.25) is 0 Å². The third-order valence-electron chi connectivity index (χ3n) is 4.68. The van der Waals surface area contributed by atoms with Crippen molar-refractivity contribution in [3.05, 3.63) is 34.7 Å². The molecule has 2 heterocycles. The van der Waals surface area contributed by atoms with Gasteiger partial charge in [-0.15, -0.1) is 11.3 Å². The normalized spacial score (nSPS) is 13.8. The molecule has 0 aliphatic heterocycles. The first-order valence-electron chi connectivity index (χ1n) is 9.50. The first-order chi connectivity index (χ1) is 13.1.